The van der Waals surface area contributed by atoms with Crippen LogP contribution in [0.5, 0.6) is 0 Å². The largest absolute Gasteiger partial charge is 0.368 e. The van der Waals surface area contributed by atoms with Crippen molar-refractivity contribution in [3.05, 3.63) is 48.5 Å². The molecule has 1 aromatic heterocycles. The van der Waals surface area contributed by atoms with E-state index >= 15 is 0 Å². The maximum Gasteiger partial charge on any atom is 0.225 e. The van der Waals surface area contributed by atoms with Crippen molar-refractivity contribution in [1.82, 2.24) is 14.9 Å². The molecular weight excluding hydrogens is 324 g/mol. The number of rotatable bonds is 3. The van der Waals surface area contributed by atoms with E-state index < -0.39 is 0 Å². The fraction of sp³-hybridized carbons (Fsp3) is 0.333. The van der Waals surface area contributed by atoms with Crippen molar-refractivity contribution < 1.29 is 4.79 Å². The molecular formula is C21H22N4O. The van der Waals surface area contributed by atoms with Crippen LogP contribution in [0.3, 0.4) is 0 Å². The van der Waals surface area contributed by atoms with E-state index in [0.29, 0.717) is 11.8 Å². The van der Waals surface area contributed by atoms with Crippen molar-refractivity contribution in [1.29, 1.82) is 0 Å². The van der Waals surface area contributed by atoms with E-state index in [-0.39, 0.29) is 0 Å². The number of imidazole rings is 1. The minimum atomic E-state index is 0.318. The minimum Gasteiger partial charge on any atom is -0.368 e. The van der Waals surface area contributed by atoms with Gasteiger partial charge in [0.25, 0.3) is 0 Å². The highest BCUT2D eigenvalue weighted by Crippen LogP contribution is 2.32. The summed E-state index contributed by atoms with van der Waals surface area (Å²) in [6, 6.07) is 16.6. The first kappa shape index (κ1) is 15.4. The van der Waals surface area contributed by atoms with Gasteiger partial charge in [0, 0.05) is 43.3 Å². The molecule has 2 fully saturated rings. The highest BCUT2D eigenvalue weighted by Gasteiger charge is 2.34. The van der Waals surface area contributed by atoms with Gasteiger partial charge in [0.1, 0.15) is 5.82 Å². The zero-order chi connectivity index (χ0) is 17.5. The van der Waals surface area contributed by atoms with Gasteiger partial charge in [-0.25, -0.2) is 4.98 Å². The first-order valence-corrected chi connectivity index (χ1v) is 9.37. The van der Waals surface area contributed by atoms with Gasteiger partial charge in [-0.3, -0.25) is 4.79 Å². The van der Waals surface area contributed by atoms with Gasteiger partial charge in [-0.1, -0.05) is 24.3 Å². The van der Waals surface area contributed by atoms with Crippen LogP contribution >= 0.6 is 0 Å². The number of aromatic amines is 1. The maximum atomic E-state index is 12.2. The molecule has 0 spiro atoms. The van der Waals surface area contributed by atoms with Gasteiger partial charge in [-0.15, -0.1) is 0 Å². The van der Waals surface area contributed by atoms with Crippen LogP contribution in [0.2, 0.25) is 0 Å². The Morgan fingerprint density at radius 1 is 1.00 bits per heavy atom. The van der Waals surface area contributed by atoms with Crippen molar-refractivity contribution in [2.24, 2.45) is 5.92 Å². The molecule has 5 nitrogen and oxygen atoms in total. The predicted molar refractivity (Wildman–Crippen MR) is 103 cm³/mol. The van der Waals surface area contributed by atoms with Crippen molar-refractivity contribution in [3.63, 3.8) is 0 Å². The van der Waals surface area contributed by atoms with Gasteiger partial charge in [0.15, 0.2) is 0 Å². The lowest BCUT2D eigenvalue weighted by molar-refractivity contribution is -0.132. The molecule has 2 aliphatic rings. The number of fused-ring (bicyclic) bond motifs is 1. The Hall–Kier alpha value is -2.82. The fourth-order valence-electron chi connectivity index (χ4n) is 3.71. The smallest absolute Gasteiger partial charge is 0.225 e. The molecule has 5 heteroatoms. The van der Waals surface area contributed by atoms with Crippen molar-refractivity contribution in [3.8, 4) is 11.4 Å². The standard InChI is InChI=1S/C21H22N4O/c26-21(15-8-9-15)25-12-10-24(11-13-25)17-5-3-4-16(14-17)20-22-18-6-1-2-7-19(18)23-20/h1-7,14-15H,8-13H2,(H,22,23). The minimum absolute atomic E-state index is 0.318. The summed E-state index contributed by atoms with van der Waals surface area (Å²) in [6.45, 7) is 3.43. The quantitative estimate of drug-likeness (QED) is 0.792. The maximum absolute atomic E-state index is 12.2. The number of nitrogens with one attached hydrogen (secondary N) is 1. The molecule has 26 heavy (non-hydrogen) atoms. The SMILES string of the molecule is O=C(C1CC1)N1CCN(c2cccc(-c3nc4ccccc4[nH]3)c2)CC1. The van der Waals surface area contributed by atoms with E-state index in [1.54, 1.807) is 0 Å². The molecule has 1 aliphatic heterocycles. The van der Waals surface area contributed by atoms with Crippen molar-refractivity contribution >= 4 is 22.6 Å². The first-order valence-electron chi connectivity index (χ1n) is 9.37. The summed E-state index contributed by atoms with van der Waals surface area (Å²) in [7, 11) is 0. The number of para-hydroxylation sites is 2. The summed E-state index contributed by atoms with van der Waals surface area (Å²) in [4.78, 5) is 24.7. The van der Waals surface area contributed by atoms with Gasteiger partial charge >= 0.3 is 0 Å². The number of piperazine rings is 1. The Balaban J connectivity index is 1.34. The number of amides is 1. The van der Waals surface area contributed by atoms with Gasteiger partial charge in [-0.2, -0.15) is 0 Å². The third-order valence-corrected chi connectivity index (χ3v) is 5.39. The van der Waals surface area contributed by atoms with Gasteiger partial charge in [0.05, 0.1) is 11.0 Å². The number of carbonyl (C=O) groups excluding carboxylic acids is 1. The number of nitrogens with zero attached hydrogens (tertiary/aromatic N) is 3. The Bertz CT molecular complexity index is 918. The Morgan fingerprint density at radius 2 is 1.81 bits per heavy atom. The second-order valence-corrected chi connectivity index (χ2v) is 7.24. The zero-order valence-electron chi connectivity index (χ0n) is 14.7. The molecule has 0 atom stereocenters. The molecule has 1 amide bonds. The lowest BCUT2D eigenvalue weighted by Crippen LogP contribution is -2.49. The third-order valence-electron chi connectivity index (χ3n) is 5.39. The van der Waals surface area contributed by atoms with E-state index in [9.17, 15) is 4.79 Å². The lowest BCUT2D eigenvalue weighted by Gasteiger charge is -2.36. The van der Waals surface area contributed by atoms with Crippen LogP contribution in [0.25, 0.3) is 22.4 Å². The summed E-state index contributed by atoms with van der Waals surface area (Å²) in [5.41, 5.74) is 4.33. The second-order valence-electron chi connectivity index (χ2n) is 7.24. The Kier molecular flexibility index (Phi) is 3.66. The van der Waals surface area contributed by atoms with E-state index in [4.69, 9.17) is 4.98 Å². The molecule has 0 bridgehead atoms. The zero-order valence-corrected chi connectivity index (χ0v) is 14.7. The summed E-state index contributed by atoms with van der Waals surface area (Å²) in [5.74, 6) is 1.58. The van der Waals surface area contributed by atoms with Gasteiger partial charge < -0.3 is 14.8 Å². The number of anilines is 1. The Labute approximate surface area is 152 Å². The molecule has 1 saturated heterocycles. The monoisotopic (exact) mass is 346 g/mol. The average Bonchev–Trinajstić information content (AvgIpc) is 3.46. The predicted octanol–water partition coefficient (Wildman–Crippen LogP) is 3.29. The van der Waals surface area contributed by atoms with Crippen LogP contribution in [-0.4, -0.2) is 47.0 Å². The Morgan fingerprint density at radius 3 is 2.58 bits per heavy atom. The molecule has 2 heterocycles. The first-order chi connectivity index (χ1) is 12.8. The highest BCUT2D eigenvalue weighted by molar-refractivity contribution is 5.81. The van der Waals surface area contributed by atoms with E-state index in [2.05, 4.69) is 34.1 Å². The molecule has 1 saturated carbocycles. The average molecular weight is 346 g/mol. The van der Waals surface area contributed by atoms with Crippen LogP contribution in [-0.2, 0) is 4.79 Å². The molecule has 0 unspecified atom stereocenters. The van der Waals surface area contributed by atoms with E-state index in [0.717, 1.165) is 61.4 Å². The van der Waals surface area contributed by atoms with E-state index in [1.807, 2.05) is 29.2 Å². The number of hydrogen-bond donors (Lipinski definition) is 1. The normalized spacial score (nSPS) is 17.7. The molecule has 1 aliphatic carbocycles. The van der Waals surface area contributed by atoms with E-state index in [1.165, 1.54) is 5.69 Å². The molecule has 1 N–H and O–H groups in total. The van der Waals surface area contributed by atoms with Crippen LogP contribution in [0.15, 0.2) is 48.5 Å². The van der Waals surface area contributed by atoms with Crippen molar-refractivity contribution in [2.75, 3.05) is 31.1 Å². The number of carbonyl (C=O) groups is 1. The molecule has 2 aromatic carbocycles. The number of H-pyrrole nitrogens is 1. The number of hydrogen-bond acceptors (Lipinski definition) is 3. The van der Waals surface area contributed by atoms with Gasteiger partial charge in [0.2, 0.25) is 5.91 Å². The second kappa shape index (κ2) is 6.16. The molecule has 3 aromatic rings. The van der Waals surface area contributed by atoms with Gasteiger partial charge in [-0.05, 0) is 37.1 Å². The summed E-state index contributed by atoms with van der Waals surface area (Å²) in [5, 5.41) is 0. The molecule has 5 rings (SSSR count). The molecule has 0 radical (unpaired) electrons. The topological polar surface area (TPSA) is 52.2 Å². The van der Waals surface area contributed by atoms with Crippen LogP contribution < -0.4 is 4.90 Å². The van der Waals surface area contributed by atoms with Crippen molar-refractivity contribution in [2.45, 2.75) is 12.8 Å². The van der Waals surface area contributed by atoms with Crippen LogP contribution in [0, 0.1) is 5.92 Å². The lowest BCUT2D eigenvalue weighted by atomic mass is 10.1. The third kappa shape index (κ3) is 2.83. The highest BCUT2D eigenvalue weighted by atomic mass is 16.2. The fourth-order valence-corrected chi connectivity index (χ4v) is 3.71. The summed E-state index contributed by atoms with van der Waals surface area (Å²) in [6.07, 6.45) is 2.16. The van der Waals surface area contributed by atoms with Crippen LogP contribution in [0.4, 0.5) is 5.69 Å². The number of aromatic nitrogens is 2. The summed E-state index contributed by atoms with van der Waals surface area (Å²) >= 11 is 0. The van der Waals surface area contributed by atoms with Crippen LogP contribution in [0.1, 0.15) is 12.8 Å². The number of benzene rings is 2. The molecule has 132 valence electrons. The summed E-state index contributed by atoms with van der Waals surface area (Å²) < 4.78 is 0.